The standard InChI is InChI=1S/C18H14ClN3S/c19-12-7-13-23-18-20-16(14-8-3-1-4-9-14)17(21-22-18)15-10-5-2-6-11-15/h1-12H,13H2/b12-7+. The van der Waals surface area contributed by atoms with Crippen LogP contribution in [0.3, 0.4) is 0 Å². The maximum Gasteiger partial charge on any atom is 0.209 e. The van der Waals surface area contributed by atoms with Gasteiger partial charge in [0.1, 0.15) is 11.4 Å². The minimum atomic E-state index is 0.637. The topological polar surface area (TPSA) is 38.7 Å². The Balaban J connectivity index is 2.05. The first kappa shape index (κ1) is 15.7. The Morgan fingerprint density at radius 1 is 0.826 bits per heavy atom. The molecule has 1 heterocycles. The van der Waals surface area contributed by atoms with E-state index in [1.54, 1.807) is 0 Å². The lowest BCUT2D eigenvalue weighted by molar-refractivity contribution is 0.851. The molecule has 0 spiro atoms. The van der Waals surface area contributed by atoms with E-state index < -0.39 is 0 Å². The summed E-state index contributed by atoms with van der Waals surface area (Å²) < 4.78 is 0. The predicted octanol–water partition coefficient (Wildman–Crippen LogP) is 5.05. The lowest BCUT2D eigenvalue weighted by Crippen LogP contribution is -1.99. The highest BCUT2D eigenvalue weighted by Crippen LogP contribution is 2.29. The fourth-order valence-electron chi connectivity index (χ4n) is 2.12. The quantitative estimate of drug-likeness (QED) is 0.610. The van der Waals surface area contributed by atoms with Gasteiger partial charge in [-0.25, -0.2) is 4.98 Å². The molecule has 0 unspecified atom stereocenters. The van der Waals surface area contributed by atoms with Gasteiger partial charge in [-0.05, 0) is 0 Å². The Labute approximate surface area is 144 Å². The van der Waals surface area contributed by atoms with Gasteiger partial charge in [0.05, 0.1) is 0 Å². The Hall–Kier alpha value is -2.17. The maximum atomic E-state index is 5.55. The molecule has 0 saturated carbocycles. The number of aromatic nitrogens is 3. The van der Waals surface area contributed by atoms with Gasteiger partial charge >= 0.3 is 0 Å². The van der Waals surface area contributed by atoms with Crippen molar-refractivity contribution in [3.05, 3.63) is 72.3 Å². The second-order valence-corrected chi connectivity index (χ2v) is 5.94. The number of hydrogen-bond donors (Lipinski definition) is 0. The molecule has 0 aliphatic carbocycles. The van der Waals surface area contributed by atoms with Crippen molar-refractivity contribution in [3.63, 3.8) is 0 Å². The third-order valence-electron chi connectivity index (χ3n) is 3.16. The van der Waals surface area contributed by atoms with E-state index in [1.807, 2.05) is 66.7 Å². The minimum absolute atomic E-state index is 0.637. The molecule has 0 bridgehead atoms. The summed E-state index contributed by atoms with van der Waals surface area (Å²) in [6, 6.07) is 20.0. The molecule has 0 atom stereocenters. The predicted molar refractivity (Wildman–Crippen MR) is 96.4 cm³/mol. The van der Waals surface area contributed by atoms with Crippen molar-refractivity contribution < 1.29 is 0 Å². The van der Waals surface area contributed by atoms with Crippen LogP contribution in [-0.4, -0.2) is 20.9 Å². The van der Waals surface area contributed by atoms with E-state index in [1.165, 1.54) is 17.3 Å². The molecule has 0 fully saturated rings. The number of thioether (sulfide) groups is 1. The van der Waals surface area contributed by atoms with E-state index in [0.29, 0.717) is 10.9 Å². The van der Waals surface area contributed by atoms with Crippen molar-refractivity contribution in [2.24, 2.45) is 0 Å². The van der Waals surface area contributed by atoms with Crippen molar-refractivity contribution in [2.75, 3.05) is 5.75 Å². The van der Waals surface area contributed by atoms with E-state index in [-0.39, 0.29) is 0 Å². The van der Waals surface area contributed by atoms with Crippen LogP contribution in [0.4, 0.5) is 0 Å². The normalized spacial score (nSPS) is 11.0. The molecule has 1 aromatic heterocycles. The SMILES string of the molecule is Cl/C=C/CSc1nnc(-c2ccccc2)c(-c2ccccc2)n1. The number of benzene rings is 2. The first-order valence-corrected chi connectivity index (χ1v) is 8.54. The van der Waals surface area contributed by atoms with Crippen LogP contribution in [0.1, 0.15) is 0 Å². The van der Waals surface area contributed by atoms with E-state index in [0.717, 1.165) is 22.5 Å². The zero-order chi connectivity index (χ0) is 15.9. The van der Waals surface area contributed by atoms with Crippen LogP contribution in [0.2, 0.25) is 0 Å². The summed E-state index contributed by atoms with van der Waals surface area (Å²) in [6.45, 7) is 0. The fraction of sp³-hybridized carbons (Fsp3) is 0.0556. The molecule has 0 N–H and O–H groups in total. The van der Waals surface area contributed by atoms with Crippen LogP contribution in [0.15, 0.2) is 77.4 Å². The van der Waals surface area contributed by atoms with E-state index in [9.17, 15) is 0 Å². The lowest BCUT2D eigenvalue weighted by Gasteiger charge is -2.09. The molecule has 3 rings (SSSR count). The highest BCUT2D eigenvalue weighted by molar-refractivity contribution is 7.99. The summed E-state index contributed by atoms with van der Waals surface area (Å²) in [7, 11) is 0. The summed E-state index contributed by atoms with van der Waals surface area (Å²) in [5, 5.41) is 9.29. The van der Waals surface area contributed by atoms with Crippen LogP contribution in [0.5, 0.6) is 0 Å². The van der Waals surface area contributed by atoms with Crippen molar-refractivity contribution in [1.29, 1.82) is 0 Å². The third-order valence-corrected chi connectivity index (χ3v) is 4.13. The van der Waals surface area contributed by atoms with Gasteiger partial charge in [0, 0.05) is 22.4 Å². The zero-order valence-corrected chi connectivity index (χ0v) is 13.8. The first-order valence-electron chi connectivity index (χ1n) is 7.12. The molecule has 5 heteroatoms. The zero-order valence-electron chi connectivity index (χ0n) is 12.3. The monoisotopic (exact) mass is 339 g/mol. The molecule has 2 aromatic carbocycles. The largest absolute Gasteiger partial charge is 0.219 e. The second-order valence-electron chi connectivity index (χ2n) is 4.70. The van der Waals surface area contributed by atoms with Crippen molar-refractivity contribution in [2.45, 2.75) is 5.16 Å². The molecule has 0 radical (unpaired) electrons. The maximum absolute atomic E-state index is 5.55. The summed E-state index contributed by atoms with van der Waals surface area (Å²) in [6.07, 6.45) is 1.85. The van der Waals surface area contributed by atoms with Gasteiger partial charge < -0.3 is 0 Å². The highest BCUT2D eigenvalue weighted by atomic mass is 35.5. The molecule has 0 saturated heterocycles. The summed E-state index contributed by atoms with van der Waals surface area (Å²) in [4.78, 5) is 4.70. The average molecular weight is 340 g/mol. The Bertz CT molecular complexity index is 792. The molecule has 3 aromatic rings. The first-order chi connectivity index (χ1) is 11.4. The molecule has 0 aliphatic heterocycles. The Morgan fingerprint density at radius 2 is 1.43 bits per heavy atom. The van der Waals surface area contributed by atoms with Crippen LogP contribution in [0, 0.1) is 0 Å². The van der Waals surface area contributed by atoms with Gasteiger partial charge in [-0.3, -0.25) is 0 Å². The van der Waals surface area contributed by atoms with Gasteiger partial charge in [0.15, 0.2) is 0 Å². The fourth-order valence-corrected chi connectivity index (χ4v) is 2.91. The van der Waals surface area contributed by atoms with E-state index in [4.69, 9.17) is 16.6 Å². The van der Waals surface area contributed by atoms with Crippen molar-refractivity contribution in [1.82, 2.24) is 15.2 Å². The second kappa shape index (κ2) is 7.90. The molecule has 0 amide bonds. The molecule has 3 nitrogen and oxygen atoms in total. The summed E-state index contributed by atoms with van der Waals surface area (Å²) in [5.41, 5.74) is 5.15. The van der Waals surface area contributed by atoms with Gasteiger partial charge in [0.2, 0.25) is 5.16 Å². The summed E-state index contributed by atoms with van der Waals surface area (Å²) >= 11 is 7.05. The van der Waals surface area contributed by atoms with Gasteiger partial charge in [-0.2, -0.15) is 0 Å². The van der Waals surface area contributed by atoms with Crippen LogP contribution in [-0.2, 0) is 0 Å². The lowest BCUT2D eigenvalue weighted by atomic mass is 10.0. The molecular formula is C18H14ClN3S. The highest BCUT2D eigenvalue weighted by Gasteiger charge is 2.13. The Kier molecular flexibility index (Phi) is 5.40. The molecule has 23 heavy (non-hydrogen) atoms. The van der Waals surface area contributed by atoms with Gasteiger partial charge in [-0.1, -0.05) is 90.1 Å². The number of halogens is 1. The number of hydrogen-bond acceptors (Lipinski definition) is 4. The smallest absolute Gasteiger partial charge is 0.209 e. The Morgan fingerprint density at radius 3 is 2.04 bits per heavy atom. The van der Waals surface area contributed by atoms with Crippen molar-refractivity contribution >= 4 is 23.4 Å². The number of nitrogens with zero attached hydrogens (tertiary/aromatic N) is 3. The summed E-state index contributed by atoms with van der Waals surface area (Å²) in [5.74, 6) is 0.712. The average Bonchev–Trinajstić information content (AvgIpc) is 2.63. The third kappa shape index (κ3) is 3.97. The van der Waals surface area contributed by atoms with Gasteiger partial charge in [-0.15, -0.1) is 10.2 Å². The van der Waals surface area contributed by atoms with Crippen LogP contribution in [0.25, 0.3) is 22.5 Å². The van der Waals surface area contributed by atoms with E-state index in [2.05, 4.69) is 10.2 Å². The van der Waals surface area contributed by atoms with Crippen molar-refractivity contribution in [3.8, 4) is 22.5 Å². The minimum Gasteiger partial charge on any atom is -0.219 e. The molecular weight excluding hydrogens is 326 g/mol. The van der Waals surface area contributed by atoms with E-state index >= 15 is 0 Å². The molecule has 114 valence electrons. The van der Waals surface area contributed by atoms with Crippen LogP contribution < -0.4 is 0 Å². The molecule has 0 aliphatic rings. The number of rotatable bonds is 5. The van der Waals surface area contributed by atoms with Crippen LogP contribution >= 0.6 is 23.4 Å². The van der Waals surface area contributed by atoms with Gasteiger partial charge in [0.25, 0.3) is 0 Å².